The van der Waals surface area contributed by atoms with Crippen molar-refractivity contribution < 1.29 is 42.7 Å². The molecule has 10 rings (SSSR count). The SMILES string of the molecule is COc1ccc(-c2csc(C3(CN)CCOCC3)n2)cc1.COc1ccc(-c2csc(C3(CNC(=O)c4cccc(-c5noc(C)n5)c4)CCOCC3)n2)cc1.Cc1nc(-c2cccc(C(=O)O)c2)no1. The van der Waals surface area contributed by atoms with Crippen LogP contribution in [0.3, 0.4) is 0 Å². The molecule has 0 unspecified atom stereocenters. The third-order valence-corrected chi connectivity index (χ3v) is 14.5. The summed E-state index contributed by atoms with van der Waals surface area (Å²) in [4.78, 5) is 41.9. The minimum atomic E-state index is -0.975. The molecule has 1 amide bonds. The number of ether oxygens (including phenoxy) is 4. The smallest absolute Gasteiger partial charge is 0.335 e. The molecular formula is C52H54N8O9S2. The normalized spacial score (nSPS) is 14.8. The Hall–Kier alpha value is -7.16. The number of nitrogens with one attached hydrogen (secondary N) is 1. The van der Waals surface area contributed by atoms with Gasteiger partial charge in [0.1, 0.15) is 21.5 Å². The Morgan fingerprint density at radius 1 is 0.634 bits per heavy atom. The fourth-order valence-corrected chi connectivity index (χ4v) is 10.3. The van der Waals surface area contributed by atoms with Crippen LogP contribution in [0, 0.1) is 13.8 Å². The highest BCUT2D eigenvalue weighted by atomic mass is 32.1. The Morgan fingerprint density at radius 3 is 1.52 bits per heavy atom. The molecule has 0 saturated carbocycles. The molecule has 0 bridgehead atoms. The maximum Gasteiger partial charge on any atom is 0.335 e. The number of benzene rings is 4. The van der Waals surface area contributed by atoms with Gasteiger partial charge in [-0.15, -0.1) is 22.7 Å². The van der Waals surface area contributed by atoms with Gasteiger partial charge in [-0.25, -0.2) is 14.8 Å². The molecule has 4 aromatic heterocycles. The number of thiazole rings is 2. The lowest BCUT2D eigenvalue weighted by Crippen LogP contribution is -2.44. The van der Waals surface area contributed by atoms with E-state index in [-0.39, 0.29) is 22.3 Å². The molecule has 71 heavy (non-hydrogen) atoms. The van der Waals surface area contributed by atoms with E-state index >= 15 is 0 Å². The van der Waals surface area contributed by atoms with Crippen LogP contribution in [0.2, 0.25) is 0 Å². The summed E-state index contributed by atoms with van der Waals surface area (Å²) in [6, 6.07) is 29.5. The fraction of sp³-hybridized carbons (Fsp3) is 0.308. The number of nitrogens with zero attached hydrogens (tertiary/aromatic N) is 6. The van der Waals surface area contributed by atoms with Crippen LogP contribution in [-0.2, 0) is 20.3 Å². The molecule has 4 N–H and O–H groups in total. The maximum absolute atomic E-state index is 13.1. The van der Waals surface area contributed by atoms with Gasteiger partial charge in [0.2, 0.25) is 23.4 Å². The van der Waals surface area contributed by atoms with E-state index in [4.69, 9.17) is 48.8 Å². The van der Waals surface area contributed by atoms with E-state index in [9.17, 15) is 9.59 Å². The van der Waals surface area contributed by atoms with Gasteiger partial charge in [-0.1, -0.05) is 34.6 Å². The highest BCUT2D eigenvalue weighted by molar-refractivity contribution is 7.10. The van der Waals surface area contributed by atoms with Crippen LogP contribution in [-0.4, -0.2) is 101 Å². The van der Waals surface area contributed by atoms with Crippen LogP contribution in [0.25, 0.3) is 45.3 Å². The van der Waals surface area contributed by atoms with Gasteiger partial charge in [-0.3, -0.25) is 4.79 Å². The van der Waals surface area contributed by atoms with E-state index in [1.54, 1.807) is 75.0 Å². The molecule has 19 heteroatoms. The van der Waals surface area contributed by atoms with E-state index in [1.807, 2.05) is 60.7 Å². The van der Waals surface area contributed by atoms with Crippen LogP contribution in [0.1, 0.15) is 68.2 Å². The molecule has 368 valence electrons. The average Bonchev–Trinajstić information content (AvgIpc) is 4.28. The van der Waals surface area contributed by atoms with Crippen molar-refractivity contribution in [2.45, 2.75) is 50.4 Å². The van der Waals surface area contributed by atoms with Crippen LogP contribution in [0.5, 0.6) is 11.5 Å². The van der Waals surface area contributed by atoms with E-state index in [2.05, 4.69) is 36.4 Å². The number of aromatic carboxylic acids is 1. The van der Waals surface area contributed by atoms with Crippen LogP contribution in [0.15, 0.2) is 117 Å². The summed E-state index contributed by atoms with van der Waals surface area (Å²) in [6.45, 7) is 7.35. The molecule has 17 nitrogen and oxygen atoms in total. The predicted molar refractivity (Wildman–Crippen MR) is 269 cm³/mol. The molecule has 0 atom stereocenters. The number of amides is 1. The minimum absolute atomic E-state index is 0.00631. The summed E-state index contributed by atoms with van der Waals surface area (Å²) in [7, 11) is 3.33. The van der Waals surface area contributed by atoms with Gasteiger partial charge in [-0.05, 0) is 98.5 Å². The molecule has 2 fully saturated rings. The summed E-state index contributed by atoms with van der Waals surface area (Å²) in [5, 5.41) is 25.9. The summed E-state index contributed by atoms with van der Waals surface area (Å²) < 4.78 is 31.5. The monoisotopic (exact) mass is 998 g/mol. The Kier molecular flexibility index (Phi) is 16.4. The number of hydrogen-bond acceptors (Lipinski definition) is 17. The van der Waals surface area contributed by atoms with Crippen molar-refractivity contribution in [1.82, 2.24) is 35.6 Å². The molecule has 8 aromatic rings. The average molecular weight is 999 g/mol. The first-order valence-electron chi connectivity index (χ1n) is 22.9. The van der Waals surface area contributed by atoms with Gasteiger partial charge in [0.15, 0.2) is 0 Å². The third-order valence-electron chi connectivity index (χ3n) is 12.4. The predicted octanol–water partition coefficient (Wildman–Crippen LogP) is 9.22. The fourth-order valence-electron chi connectivity index (χ4n) is 8.09. The first-order valence-corrected chi connectivity index (χ1v) is 24.7. The number of aryl methyl sites for hydroxylation is 2. The van der Waals surface area contributed by atoms with Crippen molar-refractivity contribution in [2.24, 2.45) is 5.73 Å². The van der Waals surface area contributed by atoms with Crippen LogP contribution < -0.4 is 20.5 Å². The summed E-state index contributed by atoms with van der Waals surface area (Å²) in [5.41, 5.74) is 12.0. The second-order valence-corrected chi connectivity index (χ2v) is 18.7. The number of hydrogen-bond donors (Lipinski definition) is 3. The lowest BCUT2D eigenvalue weighted by Gasteiger charge is -2.35. The molecule has 2 aliphatic rings. The van der Waals surface area contributed by atoms with Crippen molar-refractivity contribution in [3.63, 3.8) is 0 Å². The molecule has 0 aliphatic carbocycles. The largest absolute Gasteiger partial charge is 0.497 e. The second kappa shape index (κ2) is 23.2. The van der Waals surface area contributed by atoms with E-state index in [0.29, 0.717) is 60.9 Å². The van der Waals surface area contributed by atoms with E-state index < -0.39 is 5.97 Å². The van der Waals surface area contributed by atoms with Gasteiger partial charge in [0.05, 0.1) is 31.2 Å². The molecule has 0 spiro atoms. The number of aromatic nitrogens is 6. The topological polar surface area (TPSA) is 233 Å². The number of rotatable bonds is 13. The first-order chi connectivity index (χ1) is 34.5. The van der Waals surface area contributed by atoms with Crippen molar-refractivity contribution in [1.29, 1.82) is 0 Å². The van der Waals surface area contributed by atoms with Gasteiger partial charge in [0, 0.05) is 103 Å². The van der Waals surface area contributed by atoms with Crippen molar-refractivity contribution >= 4 is 34.6 Å². The van der Waals surface area contributed by atoms with Gasteiger partial charge < -0.3 is 44.2 Å². The van der Waals surface area contributed by atoms with Gasteiger partial charge in [0.25, 0.3) is 5.91 Å². The summed E-state index contributed by atoms with van der Waals surface area (Å²) >= 11 is 3.34. The Bertz CT molecular complexity index is 3010. The molecular weight excluding hydrogens is 945 g/mol. The second-order valence-electron chi connectivity index (χ2n) is 16.9. The standard InChI is InChI=1S/C26H26N4O4S.C16H20N2O2S.C10H8N2O3/c1-17-28-23(30-34-17)19-4-3-5-20(14-19)24(31)27-16-26(10-12-33-13-11-26)25-29-22(15-35-25)18-6-8-21(32-2)9-7-18;1-19-13-4-2-12(3-5-13)14-10-21-15(18-14)16(11-17)6-8-20-9-7-16;1-6-11-9(12-15-6)7-3-2-4-8(5-7)10(13)14/h3-9,14-15H,10-13,16H2,1-2H3,(H,27,31);2-5,10H,6-9,11,17H2,1H3;2-5H,1H3,(H,13,14). The number of carbonyl (C=O) groups excluding carboxylic acids is 1. The van der Waals surface area contributed by atoms with Crippen molar-refractivity contribution in [3.05, 3.63) is 141 Å². The zero-order valence-corrected chi connectivity index (χ0v) is 41.4. The Morgan fingerprint density at radius 2 is 1.08 bits per heavy atom. The molecule has 4 aromatic carbocycles. The number of methoxy groups -OCH3 is 2. The molecule has 2 aliphatic heterocycles. The lowest BCUT2D eigenvalue weighted by molar-refractivity contribution is 0.0486. The molecule has 6 heterocycles. The minimum Gasteiger partial charge on any atom is -0.497 e. The van der Waals surface area contributed by atoms with Gasteiger partial charge >= 0.3 is 5.97 Å². The lowest BCUT2D eigenvalue weighted by atomic mass is 9.80. The van der Waals surface area contributed by atoms with Crippen LogP contribution >= 0.6 is 22.7 Å². The summed E-state index contributed by atoms with van der Waals surface area (Å²) in [5.74, 6) is 2.34. The highest BCUT2D eigenvalue weighted by Gasteiger charge is 2.38. The Labute approximate surface area is 418 Å². The Balaban J connectivity index is 0.000000159. The molecule has 0 radical (unpaired) electrons. The number of nitrogens with two attached hydrogens (primary N) is 1. The first kappa shape index (κ1) is 50.2. The maximum atomic E-state index is 13.1. The van der Waals surface area contributed by atoms with Crippen LogP contribution in [0.4, 0.5) is 0 Å². The van der Waals surface area contributed by atoms with Gasteiger partial charge in [-0.2, -0.15) is 9.97 Å². The zero-order valence-electron chi connectivity index (χ0n) is 39.8. The number of carbonyl (C=O) groups is 2. The van der Waals surface area contributed by atoms with Crippen molar-refractivity contribution in [2.75, 3.05) is 53.7 Å². The number of carboxylic acid groups (broad SMARTS) is 1. The highest BCUT2D eigenvalue weighted by Crippen LogP contribution is 2.39. The third kappa shape index (κ3) is 12.2. The van der Waals surface area contributed by atoms with E-state index in [0.717, 1.165) is 88.5 Å². The summed E-state index contributed by atoms with van der Waals surface area (Å²) in [6.07, 6.45) is 3.51. The molecule has 2 saturated heterocycles. The zero-order chi connectivity index (χ0) is 49.8. The van der Waals surface area contributed by atoms with Crippen molar-refractivity contribution in [3.8, 4) is 56.8 Å². The number of carboxylic acids is 1. The van der Waals surface area contributed by atoms with E-state index in [1.165, 1.54) is 12.1 Å². The quantitative estimate of drug-likeness (QED) is 0.0976.